The van der Waals surface area contributed by atoms with E-state index in [1.165, 1.54) is 53.6 Å². The standard InChI is InChI=1S/C24H24ClFN2/c1-15(16-6-9-18(26)10-7-16)13-28-23-11-8-17(25)12-20(23)21-14-27(2)22-5-3-4-19(22)24(21)28/h6-13,19,22H,3-5,14H2,1-2H3/b15-13+. The molecule has 28 heavy (non-hydrogen) atoms. The molecule has 2 heterocycles. The summed E-state index contributed by atoms with van der Waals surface area (Å²) in [6.07, 6.45) is 6.00. The second-order valence-electron chi connectivity index (χ2n) is 8.23. The molecule has 1 saturated carbocycles. The molecule has 0 radical (unpaired) electrons. The normalized spacial score (nSPS) is 22.5. The van der Waals surface area contributed by atoms with E-state index in [2.05, 4.69) is 41.8 Å². The molecule has 2 aliphatic rings. The lowest BCUT2D eigenvalue weighted by atomic mass is 9.90. The van der Waals surface area contributed by atoms with Crippen LogP contribution in [0, 0.1) is 5.82 Å². The molecule has 2 nitrogen and oxygen atoms in total. The van der Waals surface area contributed by atoms with Crippen LogP contribution in [0.4, 0.5) is 4.39 Å². The summed E-state index contributed by atoms with van der Waals surface area (Å²) in [4.78, 5) is 2.52. The predicted octanol–water partition coefficient (Wildman–Crippen LogP) is 6.53. The molecule has 0 spiro atoms. The van der Waals surface area contributed by atoms with E-state index in [0.717, 1.165) is 22.7 Å². The van der Waals surface area contributed by atoms with Crippen molar-refractivity contribution in [3.8, 4) is 0 Å². The molecule has 4 heteroatoms. The number of rotatable bonds is 2. The fourth-order valence-electron chi connectivity index (χ4n) is 5.22. The molecule has 2 aromatic carbocycles. The molecule has 144 valence electrons. The minimum absolute atomic E-state index is 0.202. The van der Waals surface area contributed by atoms with Gasteiger partial charge in [0.05, 0.1) is 5.52 Å². The van der Waals surface area contributed by atoms with E-state index in [1.54, 1.807) is 0 Å². The highest BCUT2D eigenvalue weighted by Gasteiger charge is 2.39. The van der Waals surface area contributed by atoms with Crippen molar-refractivity contribution in [3.05, 3.63) is 70.1 Å². The third-order valence-corrected chi connectivity index (χ3v) is 6.77. The zero-order valence-electron chi connectivity index (χ0n) is 16.3. The lowest BCUT2D eigenvalue weighted by Gasteiger charge is -2.36. The highest BCUT2D eigenvalue weighted by Crippen LogP contribution is 2.47. The molecule has 2 atom stereocenters. The Labute approximate surface area is 170 Å². The van der Waals surface area contributed by atoms with Crippen molar-refractivity contribution < 1.29 is 4.39 Å². The summed E-state index contributed by atoms with van der Waals surface area (Å²) in [6.45, 7) is 3.06. The Kier molecular flexibility index (Phi) is 4.33. The molecule has 5 rings (SSSR count). The first-order valence-corrected chi connectivity index (χ1v) is 10.4. The van der Waals surface area contributed by atoms with E-state index in [4.69, 9.17) is 11.6 Å². The van der Waals surface area contributed by atoms with E-state index < -0.39 is 0 Å². The molecule has 1 aliphatic carbocycles. The van der Waals surface area contributed by atoms with Crippen LogP contribution < -0.4 is 0 Å². The Bertz CT molecular complexity index is 1080. The zero-order valence-corrected chi connectivity index (χ0v) is 17.0. The zero-order chi connectivity index (χ0) is 19.4. The largest absolute Gasteiger partial charge is 0.319 e. The Morgan fingerprint density at radius 2 is 1.93 bits per heavy atom. The molecule has 1 aromatic heterocycles. The van der Waals surface area contributed by atoms with Crippen LogP contribution in [0.5, 0.6) is 0 Å². The molecule has 1 fully saturated rings. The van der Waals surface area contributed by atoms with Crippen LogP contribution in [0.2, 0.25) is 5.02 Å². The smallest absolute Gasteiger partial charge is 0.123 e. The maximum absolute atomic E-state index is 13.3. The number of hydrogen-bond donors (Lipinski definition) is 0. The molecule has 0 bridgehead atoms. The van der Waals surface area contributed by atoms with Crippen molar-refractivity contribution in [1.29, 1.82) is 0 Å². The number of nitrogens with zero attached hydrogens (tertiary/aromatic N) is 2. The van der Waals surface area contributed by atoms with Crippen molar-refractivity contribution >= 4 is 34.3 Å². The first-order chi connectivity index (χ1) is 13.5. The molecular formula is C24H24ClFN2. The molecule has 3 aromatic rings. The van der Waals surface area contributed by atoms with Gasteiger partial charge in [0.1, 0.15) is 5.82 Å². The van der Waals surface area contributed by atoms with Gasteiger partial charge in [-0.1, -0.05) is 30.2 Å². The minimum Gasteiger partial charge on any atom is -0.319 e. The quantitative estimate of drug-likeness (QED) is 0.479. The molecular weight excluding hydrogens is 371 g/mol. The van der Waals surface area contributed by atoms with E-state index in [1.807, 2.05) is 18.2 Å². The number of aromatic nitrogens is 1. The summed E-state index contributed by atoms with van der Waals surface area (Å²) in [5, 5.41) is 2.03. The van der Waals surface area contributed by atoms with Crippen LogP contribution in [-0.4, -0.2) is 22.6 Å². The van der Waals surface area contributed by atoms with Crippen LogP contribution in [-0.2, 0) is 6.54 Å². The number of allylic oxidation sites excluding steroid dienone is 1. The van der Waals surface area contributed by atoms with Gasteiger partial charge in [0.2, 0.25) is 0 Å². The minimum atomic E-state index is -0.202. The van der Waals surface area contributed by atoms with Gasteiger partial charge in [-0.2, -0.15) is 0 Å². The second-order valence-corrected chi connectivity index (χ2v) is 8.67. The predicted molar refractivity (Wildman–Crippen MR) is 115 cm³/mol. The highest BCUT2D eigenvalue weighted by atomic mass is 35.5. The molecule has 1 aliphatic heterocycles. The Morgan fingerprint density at radius 1 is 1.14 bits per heavy atom. The molecule has 0 N–H and O–H groups in total. The first kappa shape index (κ1) is 18.0. The third kappa shape index (κ3) is 2.80. The van der Waals surface area contributed by atoms with Crippen molar-refractivity contribution in [3.63, 3.8) is 0 Å². The lowest BCUT2D eigenvalue weighted by Crippen LogP contribution is -2.38. The number of halogens is 2. The average molecular weight is 395 g/mol. The summed E-state index contributed by atoms with van der Waals surface area (Å²) in [7, 11) is 2.25. The number of fused-ring (bicyclic) bond motifs is 5. The van der Waals surface area contributed by atoms with Gasteiger partial charge in [0.15, 0.2) is 0 Å². The van der Waals surface area contributed by atoms with Crippen LogP contribution in [0.15, 0.2) is 42.5 Å². The van der Waals surface area contributed by atoms with Crippen molar-refractivity contribution in [2.45, 2.75) is 44.7 Å². The van der Waals surface area contributed by atoms with Gasteiger partial charge >= 0.3 is 0 Å². The fraction of sp³-hybridized carbons (Fsp3) is 0.333. The van der Waals surface area contributed by atoms with Gasteiger partial charge < -0.3 is 4.57 Å². The Hall–Kier alpha value is -2.10. The van der Waals surface area contributed by atoms with Crippen molar-refractivity contribution in [2.75, 3.05) is 7.05 Å². The first-order valence-electron chi connectivity index (χ1n) is 10.00. The molecule has 2 unspecified atom stereocenters. The third-order valence-electron chi connectivity index (χ3n) is 6.54. The van der Waals surface area contributed by atoms with Gasteiger partial charge in [-0.15, -0.1) is 0 Å². The monoisotopic (exact) mass is 394 g/mol. The molecule has 0 saturated heterocycles. The van der Waals surface area contributed by atoms with Crippen LogP contribution >= 0.6 is 11.6 Å². The van der Waals surface area contributed by atoms with Gasteiger partial charge in [-0.3, -0.25) is 4.90 Å². The van der Waals surface area contributed by atoms with E-state index in [9.17, 15) is 4.39 Å². The fourth-order valence-corrected chi connectivity index (χ4v) is 5.39. The van der Waals surface area contributed by atoms with E-state index in [0.29, 0.717) is 12.0 Å². The van der Waals surface area contributed by atoms with E-state index >= 15 is 0 Å². The van der Waals surface area contributed by atoms with E-state index in [-0.39, 0.29) is 5.82 Å². The number of hydrogen-bond acceptors (Lipinski definition) is 1. The number of benzene rings is 2. The van der Waals surface area contributed by atoms with Gasteiger partial charge in [0.25, 0.3) is 0 Å². The Balaban J connectivity index is 1.73. The van der Waals surface area contributed by atoms with Crippen LogP contribution in [0.25, 0.3) is 22.7 Å². The maximum Gasteiger partial charge on any atom is 0.123 e. The summed E-state index contributed by atoms with van der Waals surface area (Å²) in [6, 6.07) is 13.6. The summed E-state index contributed by atoms with van der Waals surface area (Å²) in [5.41, 5.74) is 6.23. The van der Waals surface area contributed by atoms with Crippen LogP contribution in [0.3, 0.4) is 0 Å². The summed E-state index contributed by atoms with van der Waals surface area (Å²) < 4.78 is 15.7. The van der Waals surface area contributed by atoms with Crippen molar-refractivity contribution in [2.24, 2.45) is 0 Å². The van der Waals surface area contributed by atoms with Gasteiger partial charge in [0, 0.05) is 40.8 Å². The topological polar surface area (TPSA) is 8.17 Å². The lowest BCUT2D eigenvalue weighted by molar-refractivity contribution is 0.199. The summed E-state index contributed by atoms with van der Waals surface area (Å²) in [5.74, 6) is 0.351. The summed E-state index contributed by atoms with van der Waals surface area (Å²) >= 11 is 6.36. The maximum atomic E-state index is 13.3. The molecule has 0 amide bonds. The number of likely N-dealkylation sites (N-methyl/N-ethyl adjacent to an activating group) is 1. The van der Waals surface area contributed by atoms with Gasteiger partial charge in [-0.05, 0) is 73.8 Å². The second kappa shape index (κ2) is 6.75. The van der Waals surface area contributed by atoms with Crippen LogP contribution in [0.1, 0.15) is 48.9 Å². The SMILES string of the molecule is C/C(=C\n1c2c(c3cc(Cl)ccc31)CN(C)C1CCCC21)c1ccc(F)cc1. The van der Waals surface area contributed by atoms with Crippen molar-refractivity contribution in [1.82, 2.24) is 9.47 Å². The van der Waals surface area contributed by atoms with Gasteiger partial charge in [-0.25, -0.2) is 4.39 Å². The highest BCUT2D eigenvalue weighted by molar-refractivity contribution is 6.31. The Morgan fingerprint density at radius 3 is 2.71 bits per heavy atom. The average Bonchev–Trinajstić information content (AvgIpc) is 3.27.